The van der Waals surface area contributed by atoms with Crippen LogP contribution < -0.4 is 80.9 Å². The van der Waals surface area contributed by atoms with Gasteiger partial charge in [0.25, 0.3) is 0 Å². The third-order valence-corrected chi connectivity index (χ3v) is 3.06. The average molecular weight is 336 g/mol. The topological polar surface area (TPSA) is 63.6 Å². The van der Waals surface area contributed by atoms with Crippen LogP contribution in [-0.2, 0) is 14.3 Å². The Morgan fingerprint density at radius 3 is 1.76 bits per heavy atom. The monoisotopic (exact) mass is 336 g/mol. The summed E-state index contributed by atoms with van der Waals surface area (Å²) < 4.78 is 4.81. The average Bonchev–Trinajstić information content (AvgIpc) is 2.35. The molecule has 0 aliphatic carbocycles. The van der Waals surface area contributed by atoms with E-state index in [-0.39, 0.29) is 83.8 Å². The van der Waals surface area contributed by atoms with Gasteiger partial charge in [-0.2, -0.15) is 0 Å². The van der Waals surface area contributed by atoms with Crippen LogP contribution in [0.1, 0.15) is 80.4 Å². The predicted molar refractivity (Wildman–Crippen MR) is 77.3 cm³/mol. The number of carboxylic acids is 1. The van der Waals surface area contributed by atoms with E-state index in [0.29, 0.717) is 6.61 Å². The van der Waals surface area contributed by atoms with Gasteiger partial charge < -0.3 is 12.7 Å². The smallest absolute Gasteiger partial charge is 1.00 e. The summed E-state index contributed by atoms with van der Waals surface area (Å²) in [5, 5.41) is 8.36. The maximum absolute atomic E-state index is 10.9. The van der Waals surface area contributed by atoms with Gasteiger partial charge in [-0.3, -0.25) is 9.59 Å². The van der Waals surface area contributed by atoms with E-state index in [1.54, 1.807) is 0 Å². The van der Waals surface area contributed by atoms with E-state index < -0.39 is 18.4 Å². The van der Waals surface area contributed by atoms with Gasteiger partial charge in [0, 0.05) is 0 Å². The Kier molecular flexibility index (Phi) is 28.2. The minimum Gasteiger partial charge on any atom is -1.00 e. The summed E-state index contributed by atoms with van der Waals surface area (Å²) in [6.07, 6.45) is 11.7. The fraction of sp³-hybridized carbons (Fsp3) is 0.867. The van der Waals surface area contributed by atoms with Gasteiger partial charge in [0.2, 0.25) is 0 Å². The van der Waals surface area contributed by atoms with Crippen LogP contribution in [0.4, 0.5) is 0 Å². The Morgan fingerprint density at radius 1 is 0.905 bits per heavy atom. The molecule has 0 heterocycles. The first-order valence-electron chi connectivity index (χ1n) is 7.54. The van der Waals surface area contributed by atoms with Crippen LogP contribution in [0.25, 0.3) is 0 Å². The van der Waals surface area contributed by atoms with Gasteiger partial charge in [-0.1, -0.05) is 64.7 Å². The van der Waals surface area contributed by atoms with Crippen molar-refractivity contribution in [2.75, 3.05) is 6.61 Å². The fourth-order valence-corrected chi connectivity index (χ4v) is 1.95. The molecule has 0 aromatic heterocycles. The van der Waals surface area contributed by atoms with Crippen LogP contribution in [0, 0.1) is 0 Å². The molecule has 0 saturated heterocycles. The molecular weight excluding hydrogens is 306 g/mol. The summed E-state index contributed by atoms with van der Waals surface area (Å²) in [6.45, 7) is 2.58. The Bertz CT molecular complexity index is 260. The van der Waals surface area contributed by atoms with Crippen molar-refractivity contribution in [2.45, 2.75) is 77.6 Å². The minimum atomic E-state index is -1.13. The van der Waals surface area contributed by atoms with E-state index in [1.165, 1.54) is 51.4 Å². The van der Waals surface area contributed by atoms with Crippen LogP contribution in [0.2, 0.25) is 0 Å². The standard InChI is InChI=1S/C15H28O4.K.Na.2H/c1-2-3-4-5-6-7-8-9-10-11-12-19-15(18)13-14(16)17;;;;/h2-13H2,1H3,(H,16,17);;;;/q;2*+1;2*-1. The molecule has 116 valence electrons. The molecule has 0 rings (SSSR count). The quantitative estimate of drug-likeness (QED) is 0.186. The van der Waals surface area contributed by atoms with Crippen molar-refractivity contribution in [1.29, 1.82) is 0 Å². The number of aliphatic carboxylic acids is 1. The van der Waals surface area contributed by atoms with Crippen molar-refractivity contribution in [3.8, 4) is 0 Å². The van der Waals surface area contributed by atoms with Crippen molar-refractivity contribution < 1.29 is 103 Å². The molecule has 0 bridgehead atoms. The van der Waals surface area contributed by atoms with E-state index >= 15 is 0 Å². The summed E-state index contributed by atoms with van der Waals surface area (Å²) in [4.78, 5) is 21.1. The number of carbonyl (C=O) groups is 2. The number of carbonyl (C=O) groups excluding carboxylic acids is 1. The summed E-state index contributed by atoms with van der Waals surface area (Å²) in [5.74, 6) is -1.77. The molecule has 21 heavy (non-hydrogen) atoms. The maximum Gasteiger partial charge on any atom is 1.00 e. The van der Waals surface area contributed by atoms with E-state index in [9.17, 15) is 9.59 Å². The molecule has 0 aromatic rings. The zero-order chi connectivity index (χ0) is 14.3. The number of esters is 1. The first kappa shape index (κ1) is 27.4. The molecule has 6 heteroatoms. The molecule has 4 nitrogen and oxygen atoms in total. The largest absolute Gasteiger partial charge is 1.00 e. The molecule has 0 fully saturated rings. The van der Waals surface area contributed by atoms with Gasteiger partial charge >= 0.3 is 92.9 Å². The first-order chi connectivity index (χ1) is 9.16. The number of hydrogen-bond acceptors (Lipinski definition) is 3. The minimum absolute atomic E-state index is 0. The van der Waals surface area contributed by atoms with Crippen molar-refractivity contribution in [2.24, 2.45) is 0 Å². The van der Waals surface area contributed by atoms with Crippen molar-refractivity contribution in [3.63, 3.8) is 0 Å². The zero-order valence-corrected chi connectivity index (χ0v) is 19.3. The summed E-state index contributed by atoms with van der Waals surface area (Å²) >= 11 is 0. The van der Waals surface area contributed by atoms with Crippen LogP contribution >= 0.6 is 0 Å². The summed E-state index contributed by atoms with van der Waals surface area (Å²) in [6, 6.07) is 0. The SMILES string of the molecule is CCCCCCCCCCCCOC(=O)CC(=O)O.[H-].[H-].[K+].[Na+]. The van der Waals surface area contributed by atoms with Gasteiger partial charge in [0.1, 0.15) is 6.42 Å². The molecule has 0 saturated carbocycles. The van der Waals surface area contributed by atoms with Crippen molar-refractivity contribution in [1.82, 2.24) is 0 Å². The normalized spacial score (nSPS) is 9.38. The van der Waals surface area contributed by atoms with Crippen LogP contribution in [-0.4, -0.2) is 23.7 Å². The van der Waals surface area contributed by atoms with Crippen LogP contribution in [0.3, 0.4) is 0 Å². The van der Waals surface area contributed by atoms with Gasteiger partial charge in [-0.05, 0) is 6.42 Å². The Labute approximate surface area is 196 Å². The van der Waals surface area contributed by atoms with Crippen LogP contribution in [0.15, 0.2) is 0 Å². The van der Waals surface area contributed by atoms with Gasteiger partial charge in [-0.25, -0.2) is 0 Å². The number of unbranched alkanes of at least 4 members (excludes halogenated alkanes) is 9. The van der Waals surface area contributed by atoms with Gasteiger partial charge in [0.15, 0.2) is 0 Å². The van der Waals surface area contributed by atoms with E-state index in [4.69, 9.17) is 9.84 Å². The summed E-state index contributed by atoms with van der Waals surface area (Å²) in [5.41, 5.74) is 0. The third-order valence-electron chi connectivity index (χ3n) is 3.06. The molecule has 0 spiro atoms. The second kappa shape index (κ2) is 21.6. The molecule has 0 aliphatic heterocycles. The van der Waals surface area contributed by atoms with Gasteiger partial charge in [-0.15, -0.1) is 0 Å². The number of rotatable bonds is 13. The second-order valence-electron chi connectivity index (χ2n) is 4.97. The maximum atomic E-state index is 10.9. The Balaban J connectivity index is -0.000000270. The van der Waals surface area contributed by atoms with Crippen LogP contribution in [0.5, 0.6) is 0 Å². The molecule has 1 N–H and O–H groups in total. The zero-order valence-electron chi connectivity index (χ0n) is 16.2. The molecule has 0 atom stereocenters. The second-order valence-corrected chi connectivity index (χ2v) is 4.97. The Morgan fingerprint density at radius 2 is 1.33 bits per heavy atom. The number of carboxylic acid groups (broad SMARTS) is 1. The van der Waals surface area contributed by atoms with E-state index in [0.717, 1.165) is 12.8 Å². The van der Waals surface area contributed by atoms with E-state index in [2.05, 4.69) is 6.92 Å². The van der Waals surface area contributed by atoms with Crippen molar-refractivity contribution in [3.05, 3.63) is 0 Å². The molecule has 0 amide bonds. The summed E-state index contributed by atoms with van der Waals surface area (Å²) in [7, 11) is 0. The molecule has 0 radical (unpaired) electrons. The predicted octanol–water partition coefficient (Wildman–Crippen LogP) is -1.84. The Hall–Kier alpha value is 1.58. The fourth-order valence-electron chi connectivity index (χ4n) is 1.95. The van der Waals surface area contributed by atoms with E-state index in [1.807, 2.05) is 0 Å². The van der Waals surface area contributed by atoms with Gasteiger partial charge in [0.05, 0.1) is 6.61 Å². The van der Waals surface area contributed by atoms with Crippen molar-refractivity contribution >= 4 is 11.9 Å². The molecule has 0 unspecified atom stereocenters. The number of hydrogen-bond donors (Lipinski definition) is 1. The molecular formula is C15H30KNaO4. The number of ether oxygens (including phenoxy) is 1. The molecule has 0 aromatic carbocycles. The molecule has 0 aliphatic rings. The first-order valence-corrected chi connectivity index (χ1v) is 7.54. The third kappa shape index (κ3) is 24.0.